The average molecular weight is 612 g/mol. The van der Waals surface area contributed by atoms with Gasteiger partial charge in [-0.15, -0.1) is 0 Å². The van der Waals surface area contributed by atoms with Gasteiger partial charge < -0.3 is 25.3 Å². The number of halogens is 1. The van der Waals surface area contributed by atoms with Gasteiger partial charge in [-0.3, -0.25) is 14.9 Å². The molecule has 2 aromatic carbocycles. The summed E-state index contributed by atoms with van der Waals surface area (Å²) in [6, 6.07) is 13.7. The number of hydrogen-bond acceptors (Lipinski definition) is 8. The van der Waals surface area contributed by atoms with Crippen molar-refractivity contribution in [3.63, 3.8) is 0 Å². The van der Waals surface area contributed by atoms with Crippen molar-refractivity contribution in [3.05, 3.63) is 83.7 Å². The molecule has 0 amide bonds. The van der Waals surface area contributed by atoms with Gasteiger partial charge in [0.25, 0.3) is 0 Å². The number of anilines is 1. The van der Waals surface area contributed by atoms with Gasteiger partial charge in [-0.25, -0.2) is 23.6 Å². The second kappa shape index (κ2) is 16.5. The SMILES string of the molecule is Fc1ccc2c(N3CCN(CCN4CCc5ccccc5C4)CC3)n[nH]c2c1.O=C(O)/C=C/C(=O)O.O=C(O)/C=C/C(=O)O. The van der Waals surface area contributed by atoms with E-state index in [2.05, 4.69) is 49.2 Å². The summed E-state index contributed by atoms with van der Waals surface area (Å²) < 4.78 is 13.4. The lowest BCUT2D eigenvalue weighted by molar-refractivity contribution is -0.134. The summed E-state index contributed by atoms with van der Waals surface area (Å²) in [4.78, 5) is 45.6. The van der Waals surface area contributed by atoms with Crippen LogP contribution in [-0.2, 0) is 32.1 Å². The maximum atomic E-state index is 13.4. The summed E-state index contributed by atoms with van der Waals surface area (Å²) in [5, 5.41) is 39.6. The maximum Gasteiger partial charge on any atom is 0.328 e. The first-order chi connectivity index (χ1) is 21.0. The number of nitrogens with one attached hydrogen (secondary N) is 1. The number of aromatic nitrogens is 2. The van der Waals surface area contributed by atoms with E-state index in [4.69, 9.17) is 20.4 Å². The highest BCUT2D eigenvalue weighted by Gasteiger charge is 2.22. The molecule has 0 unspecified atom stereocenters. The number of piperazine rings is 1. The number of carbonyl (C=O) groups is 4. The number of nitrogens with zero attached hydrogens (tertiary/aromatic N) is 4. The van der Waals surface area contributed by atoms with Crippen molar-refractivity contribution in [2.24, 2.45) is 0 Å². The lowest BCUT2D eigenvalue weighted by Gasteiger charge is -2.36. The van der Waals surface area contributed by atoms with Crippen LogP contribution in [0.5, 0.6) is 0 Å². The minimum Gasteiger partial charge on any atom is -0.478 e. The van der Waals surface area contributed by atoms with Crippen LogP contribution in [0, 0.1) is 5.82 Å². The molecule has 0 saturated carbocycles. The first-order valence-corrected chi connectivity index (χ1v) is 13.7. The Balaban J connectivity index is 0.000000275. The van der Waals surface area contributed by atoms with Crippen LogP contribution in [-0.4, -0.2) is 110 Å². The van der Waals surface area contributed by atoms with E-state index in [1.165, 1.54) is 23.3 Å². The minimum absolute atomic E-state index is 0.229. The molecule has 0 atom stereocenters. The van der Waals surface area contributed by atoms with E-state index in [-0.39, 0.29) is 5.82 Å². The second-order valence-corrected chi connectivity index (χ2v) is 9.88. The lowest BCUT2D eigenvalue weighted by atomic mass is 10.00. The summed E-state index contributed by atoms with van der Waals surface area (Å²) in [6.07, 6.45) is 3.39. The molecule has 44 heavy (non-hydrogen) atoms. The van der Waals surface area contributed by atoms with Crippen LogP contribution in [0.4, 0.5) is 10.2 Å². The molecule has 3 heterocycles. The number of benzene rings is 2. The van der Waals surface area contributed by atoms with E-state index < -0.39 is 23.9 Å². The molecule has 14 heteroatoms. The van der Waals surface area contributed by atoms with Gasteiger partial charge in [0.15, 0.2) is 5.82 Å². The summed E-state index contributed by atoms with van der Waals surface area (Å²) >= 11 is 0. The molecular formula is C30H34FN5O8. The third-order valence-corrected chi connectivity index (χ3v) is 6.86. The fourth-order valence-corrected chi connectivity index (χ4v) is 4.71. The molecule has 5 rings (SSSR count). The second-order valence-electron chi connectivity index (χ2n) is 9.88. The highest BCUT2D eigenvalue weighted by molar-refractivity contribution is 5.91. The summed E-state index contributed by atoms with van der Waals surface area (Å²) in [7, 11) is 0. The van der Waals surface area contributed by atoms with Crippen LogP contribution in [0.15, 0.2) is 66.8 Å². The number of carboxylic acid groups (broad SMARTS) is 4. The Morgan fingerprint density at radius 3 is 1.86 bits per heavy atom. The first kappa shape index (κ1) is 33.4. The van der Waals surface area contributed by atoms with Crippen molar-refractivity contribution >= 4 is 40.6 Å². The molecule has 0 spiro atoms. The number of aliphatic carboxylic acids is 4. The Morgan fingerprint density at radius 2 is 1.30 bits per heavy atom. The van der Waals surface area contributed by atoms with Crippen LogP contribution < -0.4 is 4.90 Å². The first-order valence-electron chi connectivity index (χ1n) is 13.7. The maximum absolute atomic E-state index is 13.4. The largest absolute Gasteiger partial charge is 0.478 e. The van der Waals surface area contributed by atoms with Crippen molar-refractivity contribution in [2.45, 2.75) is 13.0 Å². The summed E-state index contributed by atoms with van der Waals surface area (Å²) in [5.41, 5.74) is 3.77. The van der Waals surface area contributed by atoms with Gasteiger partial charge in [0, 0.05) is 82.0 Å². The number of H-pyrrole nitrogens is 1. The summed E-state index contributed by atoms with van der Waals surface area (Å²) in [5.74, 6) is -4.31. The van der Waals surface area contributed by atoms with E-state index in [1.807, 2.05) is 6.07 Å². The zero-order valence-corrected chi connectivity index (χ0v) is 23.8. The van der Waals surface area contributed by atoms with Gasteiger partial charge in [-0.1, -0.05) is 24.3 Å². The van der Waals surface area contributed by atoms with E-state index in [9.17, 15) is 23.6 Å². The Bertz CT molecular complexity index is 1450. The molecule has 5 N–H and O–H groups in total. The van der Waals surface area contributed by atoms with Crippen LogP contribution in [0.3, 0.4) is 0 Å². The van der Waals surface area contributed by atoms with Crippen LogP contribution >= 0.6 is 0 Å². The Hall–Kier alpha value is -5.08. The van der Waals surface area contributed by atoms with Gasteiger partial charge in [0.1, 0.15) is 5.82 Å². The number of fused-ring (bicyclic) bond motifs is 2. The smallest absolute Gasteiger partial charge is 0.328 e. The molecule has 1 saturated heterocycles. The molecule has 3 aromatic rings. The van der Waals surface area contributed by atoms with Gasteiger partial charge >= 0.3 is 23.9 Å². The normalized spacial score (nSPS) is 15.2. The van der Waals surface area contributed by atoms with Gasteiger partial charge in [0.05, 0.1) is 5.52 Å². The number of carboxylic acids is 4. The van der Waals surface area contributed by atoms with E-state index in [1.54, 1.807) is 0 Å². The van der Waals surface area contributed by atoms with E-state index in [0.717, 1.165) is 75.5 Å². The fraction of sp³-hybridized carbons (Fsp3) is 0.300. The molecule has 1 aromatic heterocycles. The third-order valence-electron chi connectivity index (χ3n) is 6.86. The molecule has 0 aliphatic carbocycles. The Labute approximate surface area is 252 Å². The fourth-order valence-electron chi connectivity index (χ4n) is 4.71. The van der Waals surface area contributed by atoms with Crippen molar-refractivity contribution in [3.8, 4) is 0 Å². The van der Waals surface area contributed by atoms with Crippen molar-refractivity contribution in [2.75, 3.05) is 50.7 Å². The van der Waals surface area contributed by atoms with Gasteiger partial charge in [0.2, 0.25) is 0 Å². The van der Waals surface area contributed by atoms with Crippen LogP contribution in [0.2, 0.25) is 0 Å². The lowest BCUT2D eigenvalue weighted by Crippen LogP contribution is -2.49. The number of rotatable bonds is 8. The molecule has 1 fully saturated rings. The number of aromatic amines is 1. The molecular weight excluding hydrogens is 577 g/mol. The van der Waals surface area contributed by atoms with Gasteiger partial charge in [-0.2, -0.15) is 5.10 Å². The highest BCUT2D eigenvalue weighted by Crippen LogP contribution is 2.25. The molecule has 13 nitrogen and oxygen atoms in total. The van der Waals surface area contributed by atoms with Crippen LogP contribution in [0.25, 0.3) is 10.9 Å². The average Bonchev–Trinajstić information content (AvgIpc) is 3.42. The third kappa shape index (κ3) is 11.0. The zero-order chi connectivity index (χ0) is 32.1. The predicted octanol–water partition coefficient (Wildman–Crippen LogP) is 2.31. The van der Waals surface area contributed by atoms with E-state index in [0.29, 0.717) is 24.3 Å². The van der Waals surface area contributed by atoms with Crippen molar-refractivity contribution in [1.29, 1.82) is 0 Å². The molecule has 0 bridgehead atoms. The predicted molar refractivity (Wildman–Crippen MR) is 159 cm³/mol. The number of hydrogen-bond donors (Lipinski definition) is 5. The van der Waals surface area contributed by atoms with E-state index >= 15 is 0 Å². The quantitative estimate of drug-likeness (QED) is 0.234. The molecule has 2 aliphatic rings. The zero-order valence-electron chi connectivity index (χ0n) is 23.8. The topological polar surface area (TPSA) is 188 Å². The minimum atomic E-state index is -1.26. The van der Waals surface area contributed by atoms with Gasteiger partial charge in [-0.05, 0) is 35.7 Å². The monoisotopic (exact) mass is 611 g/mol. The van der Waals surface area contributed by atoms with Crippen molar-refractivity contribution in [1.82, 2.24) is 20.0 Å². The standard InChI is InChI=1S/C22H26FN5.2C4H4O4/c23-19-5-6-20-21(15-19)24-25-22(20)28-13-11-26(12-14-28)9-10-27-8-7-17-3-1-2-4-18(17)16-27;2*5-3(6)1-2-4(7)8/h1-6,15H,7-14,16H2,(H,24,25);2*1-2H,(H,5,6)(H,7,8)/b;2*2-1+. The van der Waals surface area contributed by atoms with Crippen molar-refractivity contribution < 1.29 is 44.0 Å². The molecule has 2 aliphatic heterocycles. The highest BCUT2D eigenvalue weighted by atomic mass is 19.1. The summed E-state index contributed by atoms with van der Waals surface area (Å²) in [6.45, 7) is 8.47. The molecule has 234 valence electrons. The molecule has 0 radical (unpaired) electrons. The Morgan fingerprint density at radius 1 is 0.750 bits per heavy atom. The van der Waals surface area contributed by atoms with Crippen LogP contribution in [0.1, 0.15) is 11.1 Å². The Kier molecular flexibility index (Phi) is 12.6.